The molecule has 7 heteroatoms. The van der Waals surface area contributed by atoms with E-state index in [0.717, 1.165) is 0 Å². The maximum atomic E-state index is 12.7. The van der Waals surface area contributed by atoms with Crippen molar-refractivity contribution >= 4 is 23.5 Å². The number of amides is 1. The summed E-state index contributed by atoms with van der Waals surface area (Å²) in [5, 5.41) is 0.256. The van der Waals surface area contributed by atoms with E-state index in [1.54, 1.807) is 17.9 Å². The van der Waals surface area contributed by atoms with Crippen LogP contribution >= 0.6 is 11.6 Å². The second kappa shape index (κ2) is 10.2. The van der Waals surface area contributed by atoms with Gasteiger partial charge < -0.3 is 14.4 Å². The van der Waals surface area contributed by atoms with Crippen LogP contribution in [0.4, 0.5) is 0 Å². The molecule has 1 amide bonds. The van der Waals surface area contributed by atoms with Crippen LogP contribution in [0, 0.1) is 5.92 Å². The molecule has 6 nitrogen and oxygen atoms in total. The van der Waals surface area contributed by atoms with Crippen LogP contribution in [0.25, 0.3) is 0 Å². The standard InChI is InChI=1S/C16H23ClN2O4/c1-4-23-9-5-8-19(11-12(2)16(21)22-3)15(20)13-6-7-18-14(17)10-13/h6-7,10,12H,4-5,8-9,11H2,1-3H3/t12-/m1/s1. The highest BCUT2D eigenvalue weighted by atomic mass is 35.5. The van der Waals surface area contributed by atoms with Crippen LogP contribution in [0.5, 0.6) is 0 Å². The third-order valence-corrected chi connectivity index (χ3v) is 3.49. The summed E-state index contributed by atoms with van der Waals surface area (Å²) in [5.74, 6) is -0.949. The van der Waals surface area contributed by atoms with Gasteiger partial charge in [0.05, 0.1) is 13.0 Å². The van der Waals surface area contributed by atoms with Gasteiger partial charge in [0.1, 0.15) is 5.15 Å². The molecule has 0 aliphatic carbocycles. The predicted molar refractivity (Wildman–Crippen MR) is 87.4 cm³/mol. The minimum absolute atomic E-state index is 0.193. The van der Waals surface area contributed by atoms with Crippen molar-refractivity contribution < 1.29 is 19.1 Å². The summed E-state index contributed by atoms with van der Waals surface area (Å²) in [6, 6.07) is 3.12. The van der Waals surface area contributed by atoms with Crippen LogP contribution < -0.4 is 0 Å². The quantitative estimate of drug-likeness (QED) is 0.391. The molecule has 0 radical (unpaired) electrons. The highest BCUT2D eigenvalue weighted by molar-refractivity contribution is 6.29. The first-order valence-electron chi connectivity index (χ1n) is 7.56. The zero-order chi connectivity index (χ0) is 17.2. The van der Waals surface area contributed by atoms with Crippen LogP contribution in [-0.2, 0) is 14.3 Å². The Morgan fingerprint density at radius 2 is 2.17 bits per heavy atom. The number of methoxy groups -OCH3 is 1. The van der Waals surface area contributed by atoms with Crippen molar-refractivity contribution in [2.75, 3.05) is 33.4 Å². The van der Waals surface area contributed by atoms with Crippen molar-refractivity contribution in [3.63, 3.8) is 0 Å². The van der Waals surface area contributed by atoms with Gasteiger partial charge in [0.25, 0.3) is 5.91 Å². The lowest BCUT2D eigenvalue weighted by atomic mass is 10.1. The normalized spacial score (nSPS) is 11.8. The van der Waals surface area contributed by atoms with Gasteiger partial charge in [-0.25, -0.2) is 4.98 Å². The number of carbonyl (C=O) groups excluding carboxylic acids is 2. The Labute approximate surface area is 141 Å². The van der Waals surface area contributed by atoms with Crippen molar-refractivity contribution in [1.82, 2.24) is 9.88 Å². The number of aromatic nitrogens is 1. The molecule has 0 saturated heterocycles. The minimum atomic E-state index is -0.409. The van der Waals surface area contributed by atoms with Gasteiger partial charge in [-0.3, -0.25) is 9.59 Å². The maximum Gasteiger partial charge on any atom is 0.310 e. The summed E-state index contributed by atoms with van der Waals surface area (Å²) in [4.78, 5) is 29.8. The summed E-state index contributed by atoms with van der Waals surface area (Å²) >= 11 is 5.84. The Kier molecular flexibility index (Phi) is 8.58. The number of rotatable bonds is 9. The maximum absolute atomic E-state index is 12.7. The fourth-order valence-corrected chi connectivity index (χ4v) is 2.28. The van der Waals surface area contributed by atoms with Gasteiger partial charge in [-0.1, -0.05) is 18.5 Å². The largest absolute Gasteiger partial charge is 0.469 e. The molecular weight excluding hydrogens is 320 g/mol. The molecule has 1 heterocycles. The average molecular weight is 343 g/mol. The number of halogens is 1. The molecule has 0 bridgehead atoms. The molecule has 1 atom stereocenters. The molecule has 0 spiro atoms. The van der Waals surface area contributed by atoms with Gasteiger partial charge in [0.15, 0.2) is 0 Å². The summed E-state index contributed by atoms with van der Waals surface area (Å²) in [6.45, 7) is 5.60. The lowest BCUT2D eigenvalue weighted by molar-refractivity contribution is -0.145. The molecule has 0 unspecified atom stereocenters. The summed E-state index contributed by atoms with van der Waals surface area (Å²) < 4.78 is 10.0. The summed E-state index contributed by atoms with van der Waals surface area (Å²) in [7, 11) is 1.34. The lowest BCUT2D eigenvalue weighted by Crippen LogP contribution is -2.38. The second-order valence-corrected chi connectivity index (χ2v) is 5.48. The van der Waals surface area contributed by atoms with E-state index in [4.69, 9.17) is 21.1 Å². The van der Waals surface area contributed by atoms with Crippen LogP contribution in [0.1, 0.15) is 30.6 Å². The van der Waals surface area contributed by atoms with E-state index in [9.17, 15) is 9.59 Å². The smallest absolute Gasteiger partial charge is 0.310 e. The zero-order valence-corrected chi connectivity index (χ0v) is 14.5. The number of nitrogens with zero attached hydrogens (tertiary/aromatic N) is 2. The van der Waals surface area contributed by atoms with Crippen molar-refractivity contribution in [3.8, 4) is 0 Å². The highest BCUT2D eigenvalue weighted by Crippen LogP contribution is 2.12. The summed E-state index contributed by atoms with van der Waals surface area (Å²) in [6.07, 6.45) is 2.17. The molecule has 0 aliphatic heterocycles. The highest BCUT2D eigenvalue weighted by Gasteiger charge is 2.22. The van der Waals surface area contributed by atoms with E-state index >= 15 is 0 Å². The van der Waals surface area contributed by atoms with Crippen molar-refractivity contribution in [2.24, 2.45) is 5.92 Å². The Hall–Kier alpha value is -1.66. The van der Waals surface area contributed by atoms with E-state index in [-0.39, 0.29) is 23.6 Å². The molecule has 128 valence electrons. The van der Waals surface area contributed by atoms with Crippen molar-refractivity contribution in [1.29, 1.82) is 0 Å². The van der Waals surface area contributed by atoms with E-state index < -0.39 is 5.92 Å². The Morgan fingerprint density at radius 3 is 2.78 bits per heavy atom. The van der Waals surface area contributed by atoms with Gasteiger partial charge in [-0.2, -0.15) is 0 Å². The molecule has 0 N–H and O–H groups in total. The molecule has 23 heavy (non-hydrogen) atoms. The van der Waals surface area contributed by atoms with Crippen LogP contribution in [0.3, 0.4) is 0 Å². The van der Waals surface area contributed by atoms with Gasteiger partial charge >= 0.3 is 5.97 Å². The first kappa shape index (κ1) is 19.4. The Balaban J connectivity index is 2.80. The van der Waals surface area contributed by atoms with Gasteiger partial charge in [0.2, 0.25) is 0 Å². The first-order valence-corrected chi connectivity index (χ1v) is 7.93. The Bertz CT molecular complexity index is 525. The van der Waals surface area contributed by atoms with Gasteiger partial charge in [0, 0.05) is 38.1 Å². The van der Waals surface area contributed by atoms with Crippen LogP contribution in [-0.4, -0.2) is 55.2 Å². The van der Waals surface area contributed by atoms with Gasteiger partial charge in [-0.15, -0.1) is 0 Å². The fraction of sp³-hybridized carbons (Fsp3) is 0.562. The first-order chi connectivity index (χ1) is 11.0. The second-order valence-electron chi connectivity index (χ2n) is 5.09. The number of esters is 1. The van der Waals surface area contributed by atoms with Crippen LogP contribution in [0.2, 0.25) is 5.15 Å². The van der Waals surface area contributed by atoms with E-state index in [2.05, 4.69) is 4.98 Å². The fourth-order valence-electron chi connectivity index (χ4n) is 2.10. The summed E-state index contributed by atoms with van der Waals surface area (Å²) in [5.41, 5.74) is 0.443. The SMILES string of the molecule is CCOCCCN(C[C@@H](C)C(=O)OC)C(=O)c1ccnc(Cl)c1. The van der Waals surface area contributed by atoms with E-state index in [0.29, 0.717) is 31.7 Å². The van der Waals surface area contributed by atoms with Crippen LogP contribution in [0.15, 0.2) is 18.3 Å². The predicted octanol–water partition coefficient (Wildman–Crippen LogP) is 2.41. The van der Waals surface area contributed by atoms with Crippen molar-refractivity contribution in [3.05, 3.63) is 29.0 Å². The molecule has 0 aromatic carbocycles. The zero-order valence-electron chi connectivity index (χ0n) is 13.8. The molecule has 1 rings (SSSR count). The monoisotopic (exact) mass is 342 g/mol. The molecule has 0 aliphatic rings. The number of ether oxygens (including phenoxy) is 2. The molecular formula is C16H23ClN2O4. The lowest BCUT2D eigenvalue weighted by Gasteiger charge is -2.25. The average Bonchev–Trinajstić information content (AvgIpc) is 2.56. The Morgan fingerprint density at radius 1 is 1.43 bits per heavy atom. The van der Waals surface area contributed by atoms with E-state index in [1.165, 1.54) is 19.4 Å². The molecule has 0 saturated carbocycles. The molecule has 1 aromatic rings. The topological polar surface area (TPSA) is 68.7 Å². The molecule has 0 fully saturated rings. The number of carbonyl (C=O) groups is 2. The number of hydrogen-bond acceptors (Lipinski definition) is 5. The van der Waals surface area contributed by atoms with Crippen molar-refractivity contribution in [2.45, 2.75) is 20.3 Å². The third kappa shape index (κ3) is 6.54. The molecule has 1 aromatic heterocycles. The number of pyridine rings is 1. The number of hydrogen-bond donors (Lipinski definition) is 0. The van der Waals surface area contributed by atoms with E-state index in [1.807, 2.05) is 6.92 Å². The van der Waals surface area contributed by atoms with Gasteiger partial charge in [-0.05, 0) is 25.5 Å². The minimum Gasteiger partial charge on any atom is -0.469 e. The third-order valence-electron chi connectivity index (χ3n) is 3.28.